The van der Waals surface area contributed by atoms with E-state index in [0.29, 0.717) is 0 Å². The number of aryl methyl sites for hydroxylation is 1. The molecule has 4 aromatic carbocycles. The van der Waals surface area contributed by atoms with Gasteiger partial charge in [-0.2, -0.15) is 0 Å². The van der Waals surface area contributed by atoms with Crippen molar-refractivity contribution in [3.05, 3.63) is 158 Å². The topological polar surface area (TPSA) is 24.4 Å². The van der Waals surface area contributed by atoms with Crippen molar-refractivity contribution in [2.24, 2.45) is 7.05 Å². The molecule has 0 N–H and O–H groups in total. The van der Waals surface area contributed by atoms with Crippen LogP contribution in [0.2, 0.25) is 0 Å². The zero-order valence-corrected chi connectivity index (χ0v) is 25.3. The summed E-state index contributed by atoms with van der Waals surface area (Å²) < 4.78 is 4.21. The molecule has 0 bridgehead atoms. The predicted molar refractivity (Wildman–Crippen MR) is 167 cm³/mol. The van der Waals surface area contributed by atoms with Crippen molar-refractivity contribution in [3.8, 4) is 33.8 Å². The molecule has 0 saturated heterocycles. The number of pyridine rings is 2. The summed E-state index contributed by atoms with van der Waals surface area (Å²) in [5.41, 5.74) is 10.00. The second-order valence-corrected chi connectivity index (χ2v) is 10.1. The molecule has 0 radical (unpaired) electrons. The minimum Gasteiger partial charge on any atom is -1.00 e. The van der Waals surface area contributed by atoms with E-state index in [1.165, 1.54) is 11.1 Å². The lowest BCUT2D eigenvalue weighted by Gasteiger charge is -2.25. The van der Waals surface area contributed by atoms with E-state index in [9.17, 15) is 0 Å². The Morgan fingerprint density at radius 3 is 1.62 bits per heavy atom. The monoisotopic (exact) mass is 656 g/mol. The van der Waals surface area contributed by atoms with Crippen molar-refractivity contribution < 1.29 is 28.5 Å². The first-order valence-electron chi connectivity index (χ1n) is 13.8. The molecule has 0 spiro atoms. The Kier molecular flexibility index (Phi) is 7.84. The van der Waals surface area contributed by atoms with Crippen LogP contribution in [0.15, 0.2) is 158 Å². The number of nitrogens with zero attached hydrogens (tertiary/aromatic N) is 4. The second kappa shape index (κ2) is 12.0. The molecule has 0 aliphatic rings. The summed E-state index contributed by atoms with van der Waals surface area (Å²) >= 11 is 0. The van der Waals surface area contributed by atoms with Crippen molar-refractivity contribution in [3.63, 3.8) is 0 Å². The van der Waals surface area contributed by atoms with E-state index in [1.807, 2.05) is 23.7 Å². The van der Waals surface area contributed by atoms with Crippen molar-refractivity contribution >= 4 is 22.6 Å². The van der Waals surface area contributed by atoms with Gasteiger partial charge in [-0.1, -0.05) is 78.9 Å². The van der Waals surface area contributed by atoms with Crippen LogP contribution in [0, 0.1) is 0 Å². The van der Waals surface area contributed by atoms with Crippen LogP contribution in [0.3, 0.4) is 0 Å². The minimum atomic E-state index is 0. The van der Waals surface area contributed by atoms with Gasteiger partial charge in [0.1, 0.15) is 12.9 Å². The first-order valence-corrected chi connectivity index (χ1v) is 13.8. The number of rotatable bonds is 6. The molecule has 0 aliphatic heterocycles. The van der Waals surface area contributed by atoms with Gasteiger partial charge in [-0.25, -0.2) is 9.55 Å². The fraction of sp³-hybridized carbons (Fsp3) is 0.0270. The zero-order valence-electron chi connectivity index (χ0n) is 23.2. The Hall–Kier alpha value is -4.75. The third-order valence-corrected chi connectivity index (χ3v) is 7.43. The number of benzene rings is 4. The molecule has 0 saturated carbocycles. The lowest BCUT2D eigenvalue weighted by atomic mass is 10.0. The van der Waals surface area contributed by atoms with E-state index in [2.05, 4.69) is 155 Å². The number of aromatic nitrogens is 3. The normalized spacial score (nSPS) is 10.8. The summed E-state index contributed by atoms with van der Waals surface area (Å²) in [6.45, 7) is 0. The molecule has 4 nitrogen and oxygen atoms in total. The highest BCUT2D eigenvalue weighted by molar-refractivity contribution is 5.82. The predicted octanol–water partition coefficient (Wildman–Crippen LogP) is 5.63. The van der Waals surface area contributed by atoms with Crippen molar-refractivity contribution in [1.82, 2.24) is 9.38 Å². The first kappa shape index (κ1) is 27.4. The van der Waals surface area contributed by atoms with Crippen LogP contribution in [-0.4, -0.2) is 9.38 Å². The maximum Gasteiger partial charge on any atom is 0.169 e. The van der Waals surface area contributed by atoms with Crippen LogP contribution in [0.25, 0.3) is 39.3 Å². The fourth-order valence-corrected chi connectivity index (χ4v) is 5.33. The van der Waals surface area contributed by atoms with Crippen LogP contribution in [0.4, 0.5) is 17.1 Å². The fourth-order valence-electron chi connectivity index (χ4n) is 5.33. The number of halogens is 1. The molecular formula is C37H29IN4. The van der Waals surface area contributed by atoms with E-state index in [1.54, 1.807) is 0 Å². The Labute approximate surface area is 263 Å². The average Bonchev–Trinajstić information content (AvgIpc) is 3.43. The van der Waals surface area contributed by atoms with Crippen molar-refractivity contribution in [1.29, 1.82) is 0 Å². The summed E-state index contributed by atoms with van der Waals surface area (Å²) in [5.74, 6) is 0.937. The molecule has 42 heavy (non-hydrogen) atoms. The molecule has 0 fully saturated rings. The molecule has 7 rings (SSSR count). The number of hydrogen-bond acceptors (Lipinski definition) is 2. The molecule has 3 heterocycles. The van der Waals surface area contributed by atoms with Gasteiger partial charge in [0, 0.05) is 46.5 Å². The van der Waals surface area contributed by atoms with Gasteiger partial charge < -0.3 is 28.9 Å². The summed E-state index contributed by atoms with van der Waals surface area (Å²) in [4.78, 5) is 7.38. The van der Waals surface area contributed by atoms with Gasteiger partial charge in [0.2, 0.25) is 0 Å². The van der Waals surface area contributed by atoms with E-state index in [4.69, 9.17) is 4.98 Å². The molecular weight excluding hydrogens is 627 g/mol. The van der Waals surface area contributed by atoms with Gasteiger partial charge in [0.05, 0.1) is 11.2 Å². The van der Waals surface area contributed by atoms with E-state index in [0.717, 1.165) is 45.2 Å². The van der Waals surface area contributed by atoms with Crippen LogP contribution < -0.4 is 33.4 Å². The summed E-state index contributed by atoms with van der Waals surface area (Å²) in [6, 6.07) is 48.9. The van der Waals surface area contributed by atoms with Crippen molar-refractivity contribution in [2.45, 2.75) is 0 Å². The van der Waals surface area contributed by atoms with Gasteiger partial charge in [0.25, 0.3) is 0 Å². The largest absolute Gasteiger partial charge is 1.00 e. The van der Waals surface area contributed by atoms with Crippen LogP contribution in [-0.2, 0) is 7.05 Å². The summed E-state index contributed by atoms with van der Waals surface area (Å²) in [5, 5.41) is 0. The molecule has 0 amide bonds. The molecule has 3 aromatic heterocycles. The number of anilines is 3. The van der Waals surface area contributed by atoms with Gasteiger partial charge in [-0.3, -0.25) is 4.40 Å². The second-order valence-electron chi connectivity index (χ2n) is 10.1. The summed E-state index contributed by atoms with van der Waals surface area (Å²) in [6.07, 6.45) is 6.20. The molecule has 0 atom stereocenters. The van der Waals surface area contributed by atoms with E-state index >= 15 is 0 Å². The molecule has 204 valence electrons. The highest BCUT2D eigenvalue weighted by atomic mass is 127. The molecule has 7 aromatic rings. The Morgan fingerprint density at radius 1 is 0.524 bits per heavy atom. The average molecular weight is 657 g/mol. The number of hydrogen-bond donors (Lipinski definition) is 0. The van der Waals surface area contributed by atoms with Crippen LogP contribution >= 0.6 is 0 Å². The Morgan fingerprint density at radius 2 is 1.02 bits per heavy atom. The Balaban J connectivity index is 0.00000316. The first-order chi connectivity index (χ1) is 20.2. The van der Waals surface area contributed by atoms with Gasteiger partial charge in [-0.05, 0) is 59.7 Å². The maximum absolute atomic E-state index is 5.10. The Bertz CT molecular complexity index is 1870. The van der Waals surface area contributed by atoms with Crippen LogP contribution in [0.1, 0.15) is 0 Å². The molecule has 5 heteroatoms. The maximum atomic E-state index is 5.10. The quantitative estimate of drug-likeness (QED) is 0.171. The van der Waals surface area contributed by atoms with Gasteiger partial charge in [0.15, 0.2) is 12.4 Å². The van der Waals surface area contributed by atoms with E-state index < -0.39 is 0 Å². The summed E-state index contributed by atoms with van der Waals surface area (Å²) in [7, 11) is 2.03. The van der Waals surface area contributed by atoms with Gasteiger partial charge in [-0.15, -0.1) is 0 Å². The highest BCUT2D eigenvalue weighted by Gasteiger charge is 2.15. The zero-order chi connectivity index (χ0) is 27.6. The SMILES string of the molecule is C[n+]1ccc(-c2nc(-c3ccc(-c4ccc(N(c5ccccc5)c5ccccc5)cc4)cc3)n3ccccc23)cc1.[I-]. The third-order valence-electron chi connectivity index (χ3n) is 7.43. The standard InChI is InChI=1S/C37H29N4.HI/c1-39-26-23-30(24-27-39)36-35-14-8-9-25-40(35)37(38-36)31-17-15-28(16-18-31)29-19-21-34(22-20-29)41(32-10-4-2-5-11-32)33-12-6-3-7-13-33;/h2-27H,1H3;1H/q+1;/p-1. The highest BCUT2D eigenvalue weighted by Crippen LogP contribution is 2.36. The molecule has 0 unspecified atom stereocenters. The minimum absolute atomic E-state index is 0. The lowest BCUT2D eigenvalue weighted by Crippen LogP contribution is -3.00. The lowest BCUT2D eigenvalue weighted by molar-refractivity contribution is -0.671. The third kappa shape index (κ3) is 5.31. The smallest absolute Gasteiger partial charge is 0.169 e. The van der Waals surface area contributed by atoms with Gasteiger partial charge >= 0.3 is 0 Å². The number of para-hydroxylation sites is 2. The number of imidazole rings is 1. The molecule has 0 aliphatic carbocycles. The number of fused-ring (bicyclic) bond motifs is 1. The van der Waals surface area contributed by atoms with E-state index in [-0.39, 0.29) is 24.0 Å². The van der Waals surface area contributed by atoms with Crippen molar-refractivity contribution in [2.75, 3.05) is 4.90 Å². The van der Waals surface area contributed by atoms with Crippen LogP contribution in [0.5, 0.6) is 0 Å².